The maximum Gasteiger partial charge on any atom is 0.240 e. The van der Waals surface area contributed by atoms with Crippen LogP contribution < -0.4 is 10.0 Å². The lowest BCUT2D eigenvalue weighted by molar-refractivity contribution is -0.268. The van der Waals surface area contributed by atoms with Crippen LogP contribution >= 0.6 is 11.8 Å². The number of carbonyl (C=O) groups is 1. The second kappa shape index (κ2) is 14.5. The molecule has 4 atom stereocenters. The molecule has 1 amide bonds. The van der Waals surface area contributed by atoms with E-state index in [-0.39, 0.29) is 42.1 Å². The monoisotopic (exact) mass is 632 g/mol. The highest BCUT2D eigenvalue weighted by Gasteiger charge is 2.38. The van der Waals surface area contributed by atoms with Crippen molar-refractivity contribution in [3.8, 4) is 0 Å². The minimum Gasteiger partial charge on any atom is -0.392 e. The molecule has 1 saturated heterocycles. The van der Waals surface area contributed by atoms with Crippen LogP contribution in [0.15, 0.2) is 113 Å². The van der Waals surface area contributed by atoms with Crippen molar-refractivity contribution in [3.05, 3.63) is 125 Å². The summed E-state index contributed by atoms with van der Waals surface area (Å²) < 4.78 is 41.0. The van der Waals surface area contributed by atoms with E-state index < -0.39 is 16.3 Å². The predicted molar refractivity (Wildman–Crippen MR) is 171 cm³/mol. The van der Waals surface area contributed by atoms with Crippen LogP contribution in [-0.2, 0) is 37.4 Å². The van der Waals surface area contributed by atoms with Crippen molar-refractivity contribution in [2.45, 2.75) is 55.3 Å². The van der Waals surface area contributed by atoms with Crippen LogP contribution in [0.25, 0.3) is 0 Å². The Balaban J connectivity index is 1.30. The number of hydrogen-bond acceptors (Lipinski definition) is 7. The van der Waals surface area contributed by atoms with Crippen LogP contribution in [0.4, 0.5) is 5.69 Å². The van der Waals surface area contributed by atoms with Crippen LogP contribution in [0.2, 0.25) is 0 Å². The van der Waals surface area contributed by atoms with Crippen molar-refractivity contribution in [3.63, 3.8) is 0 Å². The third-order valence-electron chi connectivity index (χ3n) is 7.48. The Morgan fingerprint density at radius 1 is 0.841 bits per heavy atom. The van der Waals surface area contributed by atoms with Crippen molar-refractivity contribution < 1.29 is 27.8 Å². The lowest BCUT2D eigenvalue weighted by Crippen LogP contribution is -2.38. The summed E-state index contributed by atoms with van der Waals surface area (Å²) in [6.45, 7) is 3.73. The fourth-order valence-electron chi connectivity index (χ4n) is 4.98. The van der Waals surface area contributed by atoms with Crippen LogP contribution in [0.5, 0.6) is 0 Å². The fourth-order valence-corrected chi connectivity index (χ4v) is 7.09. The lowest BCUT2D eigenvalue weighted by atomic mass is 9.91. The Kier molecular flexibility index (Phi) is 10.5. The molecule has 1 fully saturated rings. The van der Waals surface area contributed by atoms with Crippen molar-refractivity contribution in [1.29, 1.82) is 0 Å². The SMILES string of the molecule is CC(=O)Nc1ccc(SCC2OC(c3ccc(CNS(=O)(=O)c4ccccc4)cc3)OC(c3ccc(CO)cc3)C2C)cc1. The second-order valence-corrected chi connectivity index (χ2v) is 13.6. The molecule has 3 N–H and O–H groups in total. The number of benzene rings is 4. The van der Waals surface area contributed by atoms with Gasteiger partial charge < -0.3 is 19.9 Å². The maximum atomic E-state index is 12.6. The van der Waals surface area contributed by atoms with E-state index in [4.69, 9.17) is 9.47 Å². The number of aliphatic hydroxyl groups excluding tert-OH is 1. The van der Waals surface area contributed by atoms with E-state index in [9.17, 15) is 18.3 Å². The smallest absolute Gasteiger partial charge is 0.240 e. The number of carbonyl (C=O) groups excluding carboxylic acids is 1. The van der Waals surface area contributed by atoms with E-state index in [0.29, 0.717) is 5.75 Å². The molecule has 4 unspecified atom stereocenters. The summed E-state index contributed by atoms with van der Waals surface area (Å²) in [5.74, 6) is 0.606. The molecule has 1 aliphatic rings. The molecule has 0 radical (unpaired) electrons. The first kappa shape index (κ1) is 31.9. The van der Waals surface area contributed by atoms with E-state index >= 15 is 0 Å². The summed E-state index contributed by atoms with van der Waals surface area (Å²) in [6.07, 6.45) is -1.02. The van der Waals surface area contributed by atoms with Gasteiger partial charge in [0.1, 0.15) is 0 Å². The Morgan fingerprint density at radius 2 is 1.48 bits per heavy atom. The van der Waals surface area contributed by atoms with E-state index in [0.717, 1.165) is 32.8 Å². The molecule has 0 spiro atoms. The van der Waals surface area contributed by atoms with Gasteiger partial charge in [-0.15, -0.1) is 11.8 Å². The van der Waals surface area contributed by atoms with Crippen molar-refractivity contribution in [2.75, 3.05) is 11.1 Å². The average Bonchev–Trinajstić information content (AvgIpc) is 3.04. The molecule has 0 bridgehead atoms. The molecule has 0 aromatic heterocycles. The molecule has 0 aliphatic carbocycles. The summed E-state index contributed by atoms with van der Waals surface area (Å²) in [7, 11) is -3.62. The van der Waals surface area contributed by atoms with E-state index in [2.05, 4.69) is 17.0 Å². The van der Waals surface area contributed by atoms with Gasteiger partial charge in [0, 0.05) is 41.3 Å². The number of aliphatic hydroxyl groups is 1. The predicted octanol–water partition coefficient (Wildman–Crippen LogP) is 6.20. The van der Waals surface area contributed by atoms with Gasteiger partial charge >= 0.3 is 0 Å². The van der Waals surface area contributed by atoms with Crippen molar-refractivity contribution in [2.24, 2.45) is 5.92 Å². The lowest BCUT2D eigenvalue weighted by Gasteiger charge is -2.41. The summed E-state index contributed by atoms with van der Waals surface area (Å²) in [5.41, 5.74) is 4.23. The zero-order valence-corrected chi connectivity index (χ0v) is 26.2. The maximum absolute atomic E-state index is 12.6. The van der Waals surface area contributed by atoms with Gasteiger partial charge in [0.25, 0.3) is 0 Å². The number of anilines is 1. The van der Waals surface area contributed by atoms with Crippen LogP contribution in [0, 0.1) is 5.92 Å². The molecule has 8 nitrogen and oxygen atoms in total. The number of hydrogen-bond donors (Lipinski definition) is 3. The Labute approximate surface area is 262 Å². The number of sulfonamides is 1. The van der Waals surface area contributed by atoms with Crippen LogP contribution in [-0.4, -0.2) is 31.3 Å². The third-order valence-corrected chi connectivity index (χ3v) is 10.0. The van der Waals surface area contributed by atoms with Gasteiger partial charge in [-0.1, -0.05) is 73.7 Å². The third kappa shape index (κ3) is 8.15. The molecule has 230 valence electrons. The normalized spacial score (nSPS) is 20.2. The summed E-state index contributed by atoms with van der Waals surface area (Å²) in [4.78, 5) is 12.6. The minimum atomic E-state index is -3.62. The first-order valence-corrected chi connectivity index (χ1v) is 16.8. The molecule has 1 aliphatic heterocycles. The minimum absolute atomic E-state index is 0.0268. The van der Waals surface area contributed by atoms with Gasteiger partial charge in [0.15, 0.2) is 6.29 Å². The molecule has 4 aromatic carbocycles. The number of amides is 1. The Morgan fingerprint density at radius 3 is 2.11 bits per heavy atom. The zero-order valence-electron chi connectivity index (χ0n) is 24.6. The molecule has 10 heteroatoms. The van der Waals surface area contributed by atoms with Crippen molar-refractivity contribution in [1.82, 2.24) is 4.72 Å². The first-order chi connectivity index (χ1) is 21.2. The second-order valence-electron chi connectivity index (χ2n) is 10.7. The van der Waals surface area contributed by atoms with E-state index in [1.165, 1.54) is 6.92 Å². The fraction of sp³-hybridized carbons (Fsp3) is 0.265. The number of ether oxygens (including phenoxy) is 2. The highest BCUT2D eigenvalue weighted by atomic mass is 32.2. The molecule has 5 rings (SSSR count). The van der Waals surface area contributed by atoms with Gasteiger partial charge in [-0.3, -0.25) is 4.79 Å². The molecular formula is C34H36N2O6S2. The summed E-state index contributed by atoms with van der Waals surface area (Å²) in [5, 5.41) is 12.3. The largest absolute Gasteiger partial charge is 0.392 e. The van der Waals surface area contributed by atoms with E-state index in [1.54, 1.807) is 42.1 Å². The molecular weight excluding hydrogens is 597 g/mol. The zero-order chi connectivity index (χ0) is 31.1. The first-order valence-electron chi connectivity index (χ1n) is 14.4. The number of thioether (sulfide) groups is 1. The quantitative estimate of drug-likeness (QED) is 0.169. The Hall–Kier alpha value is -3.51. The average molecular weight is 633 g/mol. The Bertz CT molecular complexity index is 1630. The van der Waals surface area contributed by atoms with Gasteiger partial charge in [0.2, 0.25) is 15.9 Å². The number of rotatable bonds is 11. The van der Waals surface area contributed by atoms with E-state index in [1.807, 2.05) is 72.8 Å². The van der Waals surface area contributed by atoms with Crippen molar-refractivity contribution >= 4 is 33.4 Å². The van der Waals surface area contributed by atoms with Crippen LogP contribution in [0.3, 0.4) is 0 Å². The standard InChI is InChI=1S/C34H36N2O6S2/c1-23-32(22-43-30-18-16-29(17-19-30)36-24(2)38)41-34(42-33(23)27-12-10-26(21-37)11-13-27)28-14-8-25(9-15-28)20-35-44(39,40)31-6-4-3-5-7-31/h3-19,23,32-35,37H,20-22H2,1-2H3,(H,36,38). The van der Waals surface area contributed by atoms with Gasteiger partial charge in [-0.2, -0.15) is 0 Å². The van der Waals surface area contributed by atoms with Crippen LogP contribution in [0.1, 0.15) is 48.5 Å². The number of nitrogens with one attached hydrogen (secondary N) is 2. The van der Waals surface area contributed by atoms with Gasteiger partial charge in [0.05, 0.1) is 23.7 Å². The summed E-state index contributed by atoms with van der Waals surface area (Å²) in [6, 6.07) is 31.4. The highest BCUT2D eigenvalue weighted by molar-refractivity contribution is 7.99. The van der Waals surface area contributed by atoms with Gasteiger partial charge in [-0.05, 0) is 53.1 Å². The molecule has 4 aromatic rings. The molecule has 0 saturated carbocycles. The molecule has 44 heavy (non-hydrogen) atoms. The highest BCUT2D eigenvalue weighted by Crippen LogP contribution is 2.43. The topological polar surface area (TPSA) is 114 Å². The summed E-state index contributed by atoms with van der Waals surface area (Å²) >= 11 is 1.68. The molecule has 1 heterocycles. The van der Waals surface area contributed by atoms with Gasteiger partial charge in [-0.25, -0.2) is 13.1 Å².